The van der Waals surface area contributed by atoms with Crippen LogP contribution >= 0.6 is 0 Å². The van der Waals surface area contributed by atoms with Crippen LogP contribution in [-0.4, -0.2) is 7.11 Å². The second-order valence-corrected chi connectivity index (χ2v) is 4.31. The summed E-state index contributed by atoms with van der Waals surface area (Å²) in [4.78, 5) is 0. The van der Waals surface area contributed by atoms with Crippen molar-refractivity contribution in [2.75, 3.05) is 7.11 Å². The molecular weight excluding hydrogens is 228 g/mol. The highest BCUT2D eigenvalue weighted by Crippen LogP contribution is 2.28. The van der Waals surface area contributed by atoms with Gasteiger partial charge in [0.05, 0.1) is 19.4 Å². The molecular formula is C14H18N2O2. The Hall–Kier alpha value is -1.78. The summed E-state index contributed by atoms with van der Waals surface area (Å²) in [6, 6.07) is 7.84. The molecule has 0 aliphatic carbocycles. The van der Waals surface area contributed by atoms with E-state index in [2.05, 4.69) is 5.43 Å². The first-order chi connectivity index (χ1) is 8.65. The van der Waals surface area contributed by atoms with Crippen molar-refractivity contribution in [3.63, 3.8) is 0 Å². The summed E-state index contributed by atoms with van der Waals surface area (Å²) in [6.45, 7) is 3.95. The lowest BCUT2D eigenvalue weighted by Crippen LogP contribution is -2.29. The fourth-order valence-electron chi connectivity index (χ4n) is 2.08. The van der Waals surface area contributed by atoms with Gasteiger partial charge in [-0.2, -0.15) is 0 Å². The molecule has 0 aliphatic rings. The van der Waals surface area contributed by atoms with Crippen molar-refractivity contribution < 1.29 is 9.15 Å². The zero-order valence-electron chi connectivity index (χ0n) is 10.9. The van der Waals surface area contributed by atoms with E-state index < -0.39 is 0 Å². The minimum absolute atomic E-state index is 0.0756. The number of methoxy groups -OCH3 is 1. The van der Waals surface area contributed by atoms with E-state index in [4.69, 9.17) is 15.0 Å². The molecule has 1 unspecified atom stereocenters. The highest BCUT2D eigenvalue weighted by Gasteiger charge is 2.16. The topological polar surface area (TPSA) is 60.4 Å². The number of hydrogen-bond acceptors (Lipinski definition) is 4. The molecule has 0 fully saturated rings. The second-order valence-electron chi connectivity index (χ2n) is 4.31. The first-order valence-electron chi connectivity index (χ1n) is 5.81. The average molecular weight is 246 g/mol. The van der Waals surface area contributed by atoms with Gasteiger partial charge >= 0.3 is 0 Å². The normalized spacial score (nSPS) is 12.4. The highest BCUT2D eigenvalue weighted by atomic mass is 16.5. The minimum Gasteiger partial charge on any atom is -0.497 e. The van der Waals surface area contributed by atoms with E-state index in [-0.39, 0.29) is 6.04 Å². The summed E-state index contributed by atoms with van der Waals surface area (Å²) in [6.07, 6.45) is 1.73. The smallest absolute Gasteiger partial charge is 0.119 e. The molecule has 3 N–H and O–H groups in total. The summed E-state index contributed by atoms with van der Waals surface area (Å²) in [5, 5.41) is 0. The molecule has 96 valence electrons. The zero-order valence-corrected chi connectivity index (χ0v) is 10.9. The van der Waals surface area contributed by atoms with E-state index in [1.54, 1.807) is 13.4 Å². The molecule has 0 bridgehead atoms. The van der Waals surface area contributed by atoms with Crippen molar-refractivity contribution in [3.8, 4) is 5.75 Å². The molecule has 0 aliphatic heterocycles. The Bertz CT molecular complexity index is 534. The summed E-state index contributed by atoms with van der Waals surface area (Å²) in [5.74, 6) is 7.38. The molecule has 0 radical (unpaired) electrons. The van der Waals surface area contributed by atoms with Gasteiger partial charge in [-0.25, -0.2) is 5.43 Å². The van der Waals surface area contributed by atoms with Crippen molar-refractivity contribution in [1.29, 1.82) is 0 Å². The molecule has 1 atom stereocenters. The molecule has 0 spiro atoms. The monoisotopic (exact) mass is 246 g/mol. The lowest BCUT2D eigenvalue weighted by Gasteiger charge is -2.17. The number of hydrogen-bond donors (Lipinski definition) is 2. The van der Waals surface area contributed by atoms with Crippen LogP contribution in [0, 0.1) is 13.8 Å². The number of ether oxygens (including phenoxy) is 1. The molecule has 2 aromatic rings. The SMILES string of the molecule is COc1ccc(C(NN)c2coc(C)c2)c(C)c1. The van der Waals surface area contributed by atoms with Gasteiger partial charge in [0.25, 0.3) is 0 Å². The molecule has 1 heterocycles. The molecule has 18 heavy (non-hydrogen) atoms. The van der Waals surface area contributed by atoms with Crippen LogP contribution in [0.3, 0.4) is 0 Å². The standard InChI is InChI=1S/C14H18N2O2/c1-9-6-12(17-3)4-5-13(9)14(16-15)11-7-10(2)18-8-11/h4-8,14,16H,15H2,1-3H3. The van der Waals surface area contributed by atoms with Crippen molar-refractivity contribution in [3.05, 3.63) is 53.0 Å². The van der Waals surface area contributed by atoms with Crippen molar-refractivity contribution in [2.45, 2.75) is 19.9 Å². The van der Waals surface area contributed by atoms with E-state index in [0.29, 0.717) is 0 Å². The van der Waals surface area contributed by atoms with Gasteiger partial charge in [-0.1, -0.05) is 6.07 Å². The van der Waals surface area contributed by atoms with Gasteiger partial charge in [-0.15, -0.1) is 0 Å². The Morgan fingerprint density at radius 1 is 1.28 bits per heavy atom. The second kappa shape index (κ2) is 5.25. The number of nitrogens with two attached hydrogens (primary N) is 1. The predicted molar refractivity (Wildman–Crippen MR) is 70.3 cm³/mol. The maximum atomic E-state index is 5.66. The number of rotatable bonds is 4. The minimum atomic E-state index is -0.0756. The van der Waals surface area contributed by atoms with Crippen LogP contribution in [0.5, 0.6) is 5.75 Å². The third kappa shape index (κ3) is 2.39. The highest BCUT2D eigenvalue weighted by molar-refractivity contribution is 5.40. The number of benzene rings is 1. The van der Waals surface area contributed by atoms with Crippen molar-refractivity contribution in [2.24, 2.45) is 5.84 Å². The van der Waals surface area contributed by atoms with Gasteiger partial charge in [0.15, 0.2) is 0 Å². The van der Waals surface area contributed by atoms with Gasteiger partial charge in [0, 0.05) is 5.56 Å². The molecule has 1 aromatic heterocycles. The van der Waals surface area contributed by atoms with Gasteiger partial charge in [-0.3, -0.25) is 5.84 Å². The van der Waals surface area contributed by atoms with Gasteiger partial charge in [0.1, 0.15) is 11.5 Å². The number of aryl methyl sites for hydroxylation is 2. The Balaban J connectivity index is 2.39. The van der Waals surface area contributed by atoms with E-state index in [9.17, 15) is 0 Å². The van der Waals surface area contributed by atoms with Crippen LogP contribution in [0.2, 0.25) is 0 Å². The molecule has 4 heteroatoms. The third-order valence-electron chi connectivity index (χ3n) is 3.04. The number of nitrogens with one attached hydrogen (secondary N) is 1. The average Bonchev–Trinajstić information content (AvgIpc) is 2.78. The van der Waals surface area contributed by atoms with Crippen LogP contribution in [0.25, 0.3) is 0 Å². The van der Waals surface area contributed by atoms with Crippen molar-refractivity contribution in [1.82, 2.24) is 5.43 Å². The summed E-state index contributed by atoms with van der Waals surface area (Å²) >= 11 is 0. The Morgan fingerprint density at radius 3 is 2.56 bits per heavy atom. The molecule has 0 saturated carbocycles. The van der Waals surface area contributed by atoms with Crippen LogP contribution in [0.4, 0.5) is 0 Å². The maximum Gasteiger partial charge on any atom is 0.119 e. The van der Waals surface area contributed by atoms with Gasteiger partial charge in [0.2, 0.25) is 0 Å². The first-order valence-corrected chi connectivity index (χ1v) is 5.81. The fourth-order valence-corrected chi connectivity index (χ4v) is 2.08. The number of hydrazine groups is 1. The van der Waals surface area contributed by atoms with Crippen LogP contribution < -0.4 is 16.0 Å². The van der Waals surface area contributed by atoms with Crippen LogP contribution in [-0.2, 0) is 0 Å². The summed E-state index contributed by atoms with van der Waals surface area (Å²) < 4.78 is 10.5. The largest absolute Gasteiger partial charge is 0.497 e. The van der Waals surface area contributed by atoms with Crippen molar-refractivity contribution >= 4 is 0 Å². The lowest BCUT2D eigenvalue weighted by molar-refractivity contribution is 0.414. The molecule has 0 amide bonds. The Kier molecular flexibility index (Phi) is 3.69. The summed E-state index contributed by atoms with van der Waals surface area (Å²) in [7, 11) is 1.66. The Morgan fingerprint density at radius 2 is 2.06 bits per heavy atom. The molecule has 1 aromatic carbocycles. The zero-order chi connectivity index (χ0) is 13.1. The lowest BCUT2D eigenvalue weighted by atomic mass is 9.97. The number of furan rings is 1. The van der Waals surface area contributed by atoms with Gasteiger partial charge in [-0.05, 0) is 43.2 Å². The first kappa shape index (κ1) is 12.7. The van der Waals surface area contributed by atoms with Crippen LogP contribution in [0.1, 0.15) is 28.5 Å². The van der Waals surface area contributed by atoms with E-state index in [0.717, 1.165) is 28.2 Å². The maximum absolute atomic E-state index is 5.66. The third-order valence-corrected chi connectivity index (χ3v) is 3.04. The quantitative estimate of drug-likeness (QED) is 0.642. The van der Waals surface area contributed by atoms with Crippen LogP contribution in [0.15, 0.2) is 34.9 Å². The molecule has 0 saturated heterocycles. The summed E-state index contributed by atoms with van der Waals surface area (Å²) in [5.41, 5.74) is 6.07. The van der Waals surface area contributed by atoms with E-state index in [1.807, 2.05) is 38.1 Å². The molecule has 2 rings (SSSR count). The molecule has 4 nitrogen and oxygen atoms in total. The predicted octanol–water partition coefficient (Wildman–Crippen LogP) is 2.46. The van der Waals surface area contributed by atoms with E-state index in [1.165, 1.54) is 0 Å². The van der Waals surface area contributed by atoms with E-state index >= 15 is 0 Å². The fraction of sp³-hybridized carbons (Fsp3) is 0.286. The Labute approximate surface area is 107 Å². The van der Waals surface area contributed by atoms with Gasteiger partial charge < -0.3 is 9.15 Å².